The summed E-state index contributed by atoms with van der Waals surface area (Å²) in [4.78, 5) is 0. The van der Waals surface area contributed by atoms with E-state index in [1.165, 1.54) is 24.3 Å². The van der Waals surface area contributed by atoms with E-state index in [1.807, 2.05) is 67.6 Å². The maximum atomic E-state index is 9.40. The summed E-state index contributed by atoms with van der Waals surface area (Å²) in [5.74, 6) is 1.55. The van der Waals surface area contributed by atoms with Crippen molar-refractivity contribution in [3.05, 3.63) is 107 Å². The first-order valence-electron chi connectivity index (χ1n) is 10.5. The Kier molecular flexibility index (Phi) is 6.42. The molecule has 0 radical (unpaired) electrons. The van der Waals surface area contributed by atoms with Gasteiger partial charge in [-0.15, -0.1) is 0 Å². The van der Waals surface area contributed by atoms with Gasteiger partial charge in [-0.05, 0) is 60.5 Å². The van der Waals surface area contributed by atoms with E-state index in [9.17, 15) is 21.0 Å². The molecule has 0 N–H and O–H groups in total. The summed E-state index contributed by atoms with van der Waals surface area (Å²) in [7, 11) is 0. The number of hydrogen-bond acceptors (Lipinski definition) is 6. The molecule has 4 rings (SSSR count). The molecule has 0 saturated heterocycles. The third kappa shape index (κ3) is 4.64. The second kappa shape index (κ2) is 9.93. The highest BCUT2D eigenvalue weighted by Gasteiger charge is 2.17. The lowest BCUT2D eigenvalue weighted by Gasteiger charge is -2.18. The zero-order chi connectivity index (χ0) is 24.8. The molecule has 0 fully saturated rings. The lowest BCUT2D eigenvalue weighted by Crippen LogP contribution is -1.97. The second-order valence-electron chi connectivity index (χ2n) is 7.50. The van der Waals surface area contributed by atoms with Gasteiger partial charge in [-0.1, -0.05) is 36.4 Å². The standard InChI is InChI=1S/C29H16N4O2/c1-19-27(20-5-3-2-4-6-20)11-12-28(34-25-9-7-21(15-30)23(13-25)17-32)29(19)35-26-10-8-22(16-31)24(14-26)18-33/h2-14H,1H3. The lowest BCUT2D eigenvalue weighted by molar-refractivity contribution is 0.416. The van der Waals surface area contributed by atoms with Crippen LogP contribution in [0.2, 0.25) is 0 Å². The van der Waals surface area contributed by atoms with Crippen molar-refractivity contribution in [2.24, 2.45) is 0 Å². The molecule has 0 bridgehead atoms. The normalized spacial score (nSPS) is 9.74. The van der Waals surface area contributed by atoms with E-state index in [2.05, 4.69) is 0 Å². The third-order valence-electron chi connectivity index (χ3n) is 5.37. The Balaban J connectivity index is 1.82. The number of nitrogens with zero attached hydrogens (tertiary/aromatic N) is 4. The molecule has 164 valence electrons. The molecule has 4 aromatic carbocycles. The van der Waals surface area contributed by atoms with Crippen LogP contribution in [-0.4, -0.2) is 0 Å². The summed E-state index contributed by atoms with van der Waals surface area (Å²) in [6, 6.07) is 30.8. The highest BCUT2D eigenvalue weighted by atomic mass is 16.5. The fraction of sp³-hybridized carbons (Fsp3) is 0.0345. The van der Waals surface area contributed by atoms with Crippen LogP contribution in [0.25, 0.3) is 11.1 Å². The molecular formula is C29H16N4O2. The molecule has 0 amide bonds. The van der Waals surface area contributed by atoms with E-state index in [4.69, 9.17) is 9.47 Å². The van der Waals surface area contributed by atoms with Crippen LogP contribution in [0.5, 0.6) is 23.0 Å². The molecule has 0 unspecified atom stereocenters. The highest BCUT2D eigenvalue weighted by Crippen LogP contribution is 2.42. The Morgan fingerprint density at radius 2 is 1.11 bits per heavy atom. The largest absolute Gasteiger partial charge is 0.453 e. The molecule has 6 heteroatoms. The first kappa shape index (κ1) is 22.6. The summed E-state index contributed by atoms with van der Waals surface area (Å²) in [5.41, 5.74) is 3.64. The van der Waals surface area contributed by atoms with Gasteiger partial charge in [-0.2, -0.15) is 21.0 Å². The Hall–Kier alpha value is -5.56. The van der Waals surface area contributed by atoms with Gasteiger partial charge in [0.25, 0.3) is 0 Å². The Morgan fingerprint density at radius 3 is 1.66 bits per heavy atom. The van der Waals surface area contributed by atoms with E-state index >= 15 is 0 Å². The number of rotatable bonds is 5. The maximum absolute atomic E-state index is 9.40. The summed E-state index contributed by atoms with van der Waals surface area (Å²) in [6.07, 6.45) is 0. The van der Waals surface area contributed by atoms with Crippen LogP contribution < -0.4 is 9.47 Å². The molecule has 0 heterocycles. The lowest BCUT2D eigenvalue weighted by atomic mass is 9.99. The van der Waals surface area contributed by atoms with Crippen LogP contribution in [0.3, 0.4) is 0 Å². The van der Waals surface area contributed by atoms with Gasteiger partial charge in [0.05, 0.1) is 22.3 Å². The first-order valence-corrected chi connectivity index (χ1v) is 10.5. The number of hydrogen-bond donors (Lipinski definition) is 0. The molecule has 0 spiro atoms. The molecule has 0 aromatic heterocycles. The van der Waals surface area contributed by atoms with E-state index < -0.39 is 0 Å². The van der Waals surface area contributed by atoms with Crippen molar-refractivity contribution in [3.8, 4) is 58.4 Å². The summed E-state index contributed by atoms with van der Waals surface area (Å²) in [5, 5.41) is 37.2. The van der Waals surface area contributed by atoms with Crippen molar-refractivity contribution in [1.29, 1.82) is 21.0 Å². The van der Waals surface area contributed by atoms with E-state index in [0.29, 0.717) is 23.0 Å². The van der Waals surface area contributed by atoms with Gasteiger partial charge in [0.1, 0.15) is 35.8 Å². The van der Waals surface area contributed by atoms with E-state index in [-0.39, 0.29) is 22.3 Å². The molecular weight excluding hydrogens is 436 g/mol. The number of ether oxygens (including phenoxy) is 2. The minimum Gasteiger partial charge on any atom is -0.453 e. The minimum atomic E-state index is 0.204. The van der Waals surface area contributed by atoms with Crippen LogP contribution in [0, 0.1) is 52.2 Å². The summed E-state index contributed by atoms with van der Waals surface area (Å²) < 4.78 is 12.3. The Labute approximate surface area is 202 Å². The predicted octanol–water partition coefficient (Wildman–Crippen LogP) is 6.73. The van der Waals surface area contributed by atoms with Crippen LogP contribution in [0.15, 0.2) is 78.9 Å². The summed E-state index contributed by atoms with van der Waals surface area (Å²) in [6.45, 7) is 1.90. The van der Waals surface area contributed by atoms with Crippen molar-refractivity contribution < 1.29 is 9.47 Å². The Morgan fingerprint density at radius 1 is 0.571 bits per heavy atom. The van der Waals surface area contributed by atoms with Crippen molar-refractivity contribution in [1.82, 2.24) is 0 Å². The van der Waals surface area contributed by atoms with Gasteiger partial charge in [-0.25, -0.2) is 0 Å². The SMILES string of the molecule is Cc1c(-c2ccccc2)ccc(Oc2ccc(C#N)c(C#N)c2)c1Oc1ccc(C#N)c(C#N)c1. The average molecular weight is 452 g/mol. The first-order chi connectivity index (χ1) is 17.1. The van der Waals surface area contributed by atoms with Gasteiger partial charge < -0.3 is 9.47 Å². The average Bonchev–Trinajstić information content (AvgIpc) is 2.91. The van der Waals surface area contributed by atoms with Gasteiger partial charge in [0.15, 0.2) is 11.5 Å². The quantitative estimate of drug-likeness (QED) is 0.331. The van der Waals surface area contributed by atoms with Gasteiger partial charge in [0, 0.05) is 5.56 Å². The molecule has 0 aliphatic carbocycles. The minimum absolute atomic E-state index is 0.204. The van der Waals surface area contributed by atoms with Crippen LogP contribution >= 0.6 is 0 Å². The number of nitriles is 4. The topological polar surface area (TPSA) is 114 Å². The Bertz CT molecular complexity index is 1600. The van der Waals surface area contributed by atoms with E-state index in [0.717, 1.165) is 16.7 Å². The van der Waals surface area contributed by atoms with Gasteiger partial charge in [0.2, 0.25) is 0 Å². The van der Waals surface area contributed by atoms with Crippen LogP contribution in [0.4, 0.5) is 0 Å². The zero-order valence-electron chi connectivity index (χ0n) is 18.6. The highest BCUT2D eigenvalue weighted by molar-refractivity contribution is 5.73. The van der Waals surface area contributed by atoms with Gasteiger partial charge in [-0.3, -0.25) is 0 Å². The molecule has 35 heavy (non-hydrogen) atoms. The number of benzene rings is 4. The smallest absolute Gasteiger partial charge is 0.173 e. The van der Waals surface area contributed by atoms with Gasteiger partial charge >= 0.3 is 0 Å². The van der Waals surface area contributed by atoms with Crippen molar-refractivity contribution in [2.75, 3.05) is 0 Å². The monoisotopic (exact) mass is 452 g/mol. The fourth-order valence-electron chi connectivity index (χ4n) is 3.60. The third-order valence-corrected chi connectivity index (χ3v) is 5.37. The molecule has 0 saturated carbocycles. The fourth-order valence-corrected chi connectivity index (χ4v) is 3.60. The van der Waals surface area contributed by atoms with Crippen molar-refractivity contribution in [2.45, 2.75) is 6.92 Å². The van der Waals surface area contributed by atoms with Crippen molar-refractivity contribution in [3.63, 3.8) is 0 Å². The molecule has 4 aromatic rings. The van der Waals surface area contributed by atoms with Crippen LogP contribution in [0.1, 0.15) is 27.8 Å². The van der Waals surface area contributed by atoms with Crippen molar-refractivity contribution >= 4 is 0 Å². The summed E-state index contributed by atoms with van der Waals surface area (Å²) >= 11 is 0. The molecule has 0 aliphatic rings. The predicted molar refractivity (Wildman–Crippen MR) is 129 cm³/mol. The molecule has 0 aliphatic heterocycles. The zero-order valence-corrected chi connectivity index (χ0v) is 18.6. The van der Waals surface area contributed by atoms with E-state index in [1.54, 1.807) is 18.2 Å². The molecule has 6 nitrogen and oxygen atoms in total. The second-order valence-corrected chi connectivity index (χ2v) is 7.50. The molecule has 0 atom stereocenters. The maximum Gasteiger partial charge on any atom is 0.173 e. The van der Waals surface area contributed by atoms with Crippen LogP contribution in [-0.2, 0) is 0 Å².